The molecule has 0 N–H and O–H groups in total. The molecule has 0 amide bonds. The van der Waals surface area contributed by atoms with Gasteiger partial charge in [-0.1, -0.05) is 140 Å². The van der Waals surface area contributed by atoms with Gasteiger partial charge in [-0.05, 0) is 87.3 Å². The number of hydrogen-bond acceptors (Lipinski definition) is 2. The van der Waals surface area contributed by atoms with Crippen molar-refractivity contribution in [2.24, 2.45) is 0 Å². The highest BCUT2D eigenvalue weighted by Crippen LogP contribution is 2.43. The van der Waals surface area contributed by atoms with Crippen molar-refractivity contribution in [3.63, 3.8) is 0 Å². The third-order valence-corrected chi connectivity index (χ3v) is 9.27. The molecule has 9 rings (SSSR count). The fourth-order valence-electron chi connectivity index (χ4n) is 6.90. The minimum atomic E-state index is 0.878. The van der Waals surface area contributed by atoms with Gasteiger partial charge in [0.15, 0.2) is 0 Å². The van der Waals surface area contributed by atoms with E-state index >= 15 is 0 Å². The Bertz CT molecular complexity index is 2430. The molecule has 1 heterocycles. The summed E-state index contributed by atoms with van der Waals surface area (Å²) in [6, 6.07) is 66.8. The average molecular weight is 614 g/mol. The Morgan fingerprint density at radius 2 is 0.771 bits per heavy atom. The Labute approximate surface area is 279 Å². The number of furan rings is 1. The van der Waals surface area contributed by atoms with E-state index < -0.39 is 0 Å². The number of hydrogen-bond donors (Lipinski definition) is 0. The lowest BCUT2D eigenvalue weighted by molar-refractivity contribution is 0.672. The molecule has 0 unspecified atom stereocenters. The number of nitrogens with zero attached hydrogens (tertiary/aromatic N) is 1. The molecule has 0 aliphatic carbocycles. The smallest absolute Gasteiger partial charge is 0.143 e. The molecule has 2 heteroatoms. The van der Waals surface area contributed by atoms with Crippen molar-refractivity contribution in [2.75, 3.05) is 4.90 Å². The topological polar surface area (TPSA) is 16.4 Å². The maximum Gasteiger partial charge on any atom is 0.143 e. The molecule has 226 valence electrons. The normalized spacial score (nSPS) is 11.3. The van der Waals surface area contributed by atoms with Gasteiger partial charge in [-0.15, -0.1) is 0 Å². The van der Waals surface area contributed by atoms with Gasteiger partial charge in [0.1, 0.15) is 11.2 Å². The van der Waals surface area contributed by atoms with Gasteiger partial charge in [-0.2, -0.15) is 0 Å². The van der Waals surface area contributed by atoms with Crippen molar-refractivity contribution in [3.8, 4) is 33.4 Å². The van der Waals surface area contributed by atoms with Crippen LogP contribution in [0.5, 0.6) is 0 Å². The number of anilines is 3. The molecule has 0 aliphatic heterocycles. The van der Waals surface area contributed by atoms with Crippen molar-refractivity contribution in [1.29, 1.82) is 0 Å². The van der Waals surface area contributed by atoms with E-state index in [2.05, 4.69) is 193 Å². The molecule has 48 heavy (non-hydrogen) atoms. The second kappa shape index (κ2) is 11.8. The summed E-state index contributed by atoms with van der Waals surface area (Å²) in [7, 11) is 0. The lowest BCUT2D eigenvalue weighted by Crippen LogP contribution is -2.09. The Kier molecular flexibility index (Phi) is 6.84. The summed E-state index contributed by atoms with van der Waals surface area (Å²) in [5, 5.41) is 4.52. The van der Waals surface area contributed by atoms with Gasteiger partial charge in [-0.3, -0.25) is 0 Å². The third-order valence-electron chi connectivity index (χ3n) is 9.27. The first kappa shape index (κ1) is 27.9. The summed E-state index contributed by atoms with van der Waals surface area (Å²) in [5.41, 5.74) is 12.2. The number of benzene rings is 8. The highest BCUT2D eigenvalue weighted by molar-refractivity contribution is 6.19. The molecule has 0 bridgehead atoms. The van der Waals surface area contributed by atoms with Gasteiger partial charge in [0.05, 0.1) is 0 Å². The molecule has 0 aliphatic rings. The SMILES string of the molecule is c1ccc(-c2ccc(N(c3ccc(-c4ccccc4)cc3)c3ccc4oc5c6ccccc6c(-c6ccccc6)cc5c4c3)cc2)cc1. The molecular formula is C46H31NO. The molecule has 8 aromatic carbocycles. The quantitative estimate of drug-likeness (QED) is 0.185. The van der Waals surface area contributed by atoms with E-state index in [1.54, 1.807) is 0 Å². The Balaban J connectivity index is 1.22. The van der Waals surface area contributed by atoms with Crippen molar-refractivity contribution < 1.29 is 4.42 Å². The maximum absolute atomic E-state index is 6.61. The van der Waals surface area contributed by atoms with Gasteiger partial charge < -0.3 is 9.32 Å². The Morgan fingerprint density at radius 3 is 1.33 bits per heavy atom. The average Bonchev–Trinajstić information content (AvgIpc) is 3.54. The molecule has 2 nitrogen and oxygen atoms in total. The number of fused-ring (bicyclic) bond motifs is 5. The number of rotatable bonds is 6. The minimum Gasteiger partial charge on any atom is -0.455 e. The zero-order chi connectivity index (χ0) is 31.9. The van der Waals surface area contributed by atoms with Gasteiger partial charge in [-0.25, -0.2) is 0 Å². The summed E-state index contributed by atoms with van der Waals surface area (Å²) in [4.78, 5) is 2.33. The summed E-state index contributed by atoms with van der Waals surface area (Å²) >= 11 is 0. The zero-order valence-electron chi connectivity index (χ0n) is 26.3. The van der Waals surface area contributed by atoms with E-state index in [4.69, 9.17) is 4.42 Å². The molecule has 0 radical (unpaired) electrons. The van der Waals surface area contributed by atoms with Gasteiger partial charge in [0.2, 0.25) is 0 Å². The largest absolute Gasteiger partial charge is 0.455 e. The lowest BCUT2D eigenvalue weighted by atomic mass is 9.95. The van der Waals surface area contributed by atoms with E-state index in [0.717, 1.165) is 44.4 Å². The van der Waals surface area contributed by atoms with E-state index in [-0.39, 0.29) is 0 Å². The Hall–Kier alpha value is -6.38. The highest BCUT2D eigenvalue weighted by Gasteiger charge is 2.18. The van der Waals surface area contributed by atoms with E-state index in [1.165, 1.54) is 38.8 Å². The van der Waals surface area contributed by atoms with Crippen LogP contribution >= 0.6 is 0 Å². The molecule has 0 atom stereocenters. The van der Waals surface area contributed by atoms with Crippen molar-refractivity contribution in [3.05, 3.63) is 188 Å². The Morgan fingerprint density at radius 1 is 0.312 bits per heavy atom. The standard InChI is InChI=1S/C46H31NO/c1-4-12-32(13-5-1)34-20-24-37(25-21-34)47(38-26-22-35(23-27-38)33-14-6-2-7-15-33)39-28-29-45-43(30-39)44-31-42(36-16-8-3-9-17-36)40-18-10-11-19-41(40)46(44)48-45/h1-31H. The third kappa shape index (κ3) is 4.92. The molecule has 0 saturated heterocycles. The predicted molar refractivity (Wildman–Crippen MR) is 202 cm³/mol. The van der Waals surface area contributed by atoms with Gasteiger partial charge in [0.25, 0.3) is 0 Å². The van der Waals surface area contributed by atoms with Crippen LogP contribution in [-0.2, 0) is 0 Å². The first-order valence-corrected chi connectivity index (χ1v) is 16.3. The van der Waals surface area contributed by atoms with Crippen LogP contribution < -0.4 is 4.90 Å². The molecular weight excluding hydrogens is 583 g/mol. The van der Waals surface area contributed by atoms with Crippen molar-refractivity contribution in [1.82, 2.24) is 0 Å². The van der Waals surface area contributed by atoms with Crippen molar-refractivity contribution in [2.45, 2.75) is 0 Å². The summed E-state index contributed by atoms with van der Waals surface area (Å²) in [5.74, 6) is 0. The van der Waals surface area contributed by atoms with Crippen LogP contribution in [0.3, 0.4) is 0 Å². The first-order valence-electron chi connectivity index (χ1n) is 16.3. The van der Waals surface area contributed by atoms with Crippen LogP contribution in [0.1, 0.15) is 0 Å². The van der Waals surface area contributed by atoms with Crippen molar-refractivity contribution >= 4 is 49.8 Å². The zero-order valence-corrected chi connectivity index (χ0v) is 26.3. The second-order valence-corrected chi connectivity index (χ2v) is 12.2. The van der Waals surface area contributed by atoms with E-state index in [1.807, 2.05) is 0 Å². The fourth-order valence-corrected chi connectivity index (χ4v) is 6.90. The molecule has 0 fully saturated rings. The van der Waals surface area contributed by atoms with Crippen LogP contribution in [0, 0.1) is 0 Å². The fraction of sp³-hybridized carbons (Fsp3) is 0. The lowest BCUT2D eigenvalue weighted by Gasteiger charge is -2.26. The van der Waals surface area contributed by atoms with Crippen LogP contribution in [0.15, 0.2) is 192 Å². The molecule has 0 saturated carbocycles. The summed E-state index contributed by atoms with van der Waals surface area (Å²) < 4.78 is 6.61. The van der Waals surface area contributed by atoms with Crippen LogP contribution in [0.25, 0.3) is 66.1 Å². The van der Waals surface area contributed by atoms with E-state index in [9.17, 15) is 0 Å². The minimum absolute atomic E-state index is 0.878. The predicted octanol–water partition coefficient (Wildman–Crippen LogP) is 13.2. The maximum atomic E-state index is 6.61. The summed E-state index contributed by atoms with van der Waals surface area (Å²) in [6.07, 6.45) is 0. The first-order chi connectivity index (χ1) is 23.8. The van der Waals surface area contributed by atoms with Crippen LogP contribution in [-0.4, -0.2) is 0 Å². The monoisotopic (exact) mass is 613 g/mol. The van der Waals surface area contributed by atoms with Gasteiger partial charge >= 0.3 is 0 Å². The summed E-state index contributed by atoms with van der Waals surface area (Å²) in [6.45, 7) is 0. The second-order valence-electron chi connectivity index (χ2n) is 12.2. The molecule has 0 spiro atoms. The van der Waals surface area contributed by atoms with Crippen LogP contribution in [0.2, 0.25) is 0 Å². The van der Waals surface area contributed by atoms with E-state index in [0.29, 0.717) is 0 Å². The van der Waals surface area contributed by atoms with Gasteiger partial charge in [0, 0.05) is 33.2 Å². The molecule has 9 aromatic rings. The molecule has 1 aromatic heterocycles. The van der Waals surface area contributed by atoms with Crippen LogP contribution in [0.4, 0.5) is 17.1 Å². The highest BCUT2D eigenvalue weighted by atomic mass is 16.3.